The fourth-order valence-electron chi connectivity index (χ4n) is 2.53. The van der Waals surface area contributed by atoms with Crippen molar-refractivity contribution < 1.29 is 0 Å². The Kier molecular flexibility index (Phi) is 1.53. The third-order valence-electron chi connectivity index (χ3n) is 3.13. The minimum Gasteiger partial charge on any atom is -0.309 e. The SMILES string of the molecule is C1=CC2C=CC=C3CNCC(=C1)C32. The molecule has 13 heavy (non-hydrogen) atoms. The van der Waals surface area contributed by atoms with E-state index in [1.54, 1.807) is 11.1 Å². The van der Waals surface area contributed by atoms with Crippen molar-refractivity contribution in [2.24, 2.45) is 11.8 Å². The van der Waals surface area contributed by atoms with Crippen LogP contribution < -0.4 is 5.32 Å². The molecule has 0 atom stereocenters. The highest BCUT2D eigenvalue weighted by atomic mass is 14.9. The molecule has 1 aliphatic heterocycles. The Labute approximate surface area is 78.5 Å². The van der Waals surface area contributed by atoms with Crippen LogP contribution in [0, 0.1) is 11.8 Å². The van der Waals surface area contributed by atoms with Crippen LogP contribution in [0.4, 0.5) is 0 Å². The van der Waals surface area contributed by atoms with Crippen molar-refractivity contribution in [1.29, 1.82) is 0 Å². The fourth-order valence-corrected chi connectivity index (χ4v) is 2.53. The minimum atomic E-state index is 0.627. The van der Waals surface area contributed by atoms with Crippen molar-refractivity contribution in [2.75, 3.05) is 13.1 Å². The molecule has 1 heterocycles. The third kappa shape index (κ3) is 1.04. The number of piperidine rings is 1. The lowest BCUT2D eigenvalue weighted by molar-refractivity contribution is 0.505. The van der Waals surface area contributed by atoms with Crippen LogP contribution in [0.3, 0.4) is 0 Å². The Morgan fingerprint density at radius 1 is 1.00 bits per heavy atom. The summed E-state index contributed by atoms with van der Waals surface area (Å²) in [4.78, 5) is 0. The first-order chi connectivity index (χ1) is 6.45. The van der Waals surface area contributed by atoms with Crippen LogP contribution in [0.5, 0.6) is 0 Å². The van der Waals surface area contributed by atoms with Gasteiger partial charge in [-0.3, -0.25) is 0 Å². The Morgan fingerprint density at radius 3 is 2.23 bits per heavy atom. The summed E-state index contributed by atoms with van der Waals surface area (Å²) in [7, 11) is 0. The lowest BCUT2D eigenvalue weighted by Gasteiger charge is -2.36. The zero-order valence-corrected chi connectivity index (χ0v) is 7.53. The van der Waals surface area contributed by atoms with Crippen molar-refractivity contribution in [3.63, 3.8) is 0 Å². The topological polar surface area (TPSA) is 12.0 Å². The smallest absolute Gasteiger partial charge is 0.0177 e. The molecule has 0 unspecified atom stereocenters. The first-order valence-corrected chi connectivity index (χ1v) is 4.90. The number of hydrogen-bond donors (Lipinski definition) is 1. The second kappa shape index (κ2) is 2.71. The van der Waals surface area contributed by atoms with Crippen molar-refractivity contribution in [1.82, 2.24) is 5.32 Å². The Hall–Kier alpha value is -1.08. The normalized spacial score (nSPS) is 35.1. The van der Waals surface area contributed by atoms with Gasteiger partial charge in [0.05, 0.1) is 0 Å². The van der Waals surface area contributed by atoms with Crippen molar-refractivity contribution in [2.45, 2.75) is 0 Å². The Bertz CT molecular complexity index is 312. The zero-order valence-electron chi connectivity index (χ0n) is 7.53. The van der Waals surface area contributed by atoms with E-state index in [1.165, 1.54) is 0 Å². The van der Waals surface area contributed by atoms with Crippen LogP contribution in [0.15, 0.2) is 47.6 Å². The summed E-state index contributed by atoms with van der Waals surface area (Å²) in [6.07, 6.45) is 13.5. The van der Waals surface area contributed by atoms with Gasteiger partial charge in [0.25, 0.3) is 0 Å². The second-order valence-electron chi connectivity index (χ2n) is 3.91. The Balaban J connectivity index is 2.08. The molecule has 1 N–H and O–H groups in total. The van der Waals surface area contributed by atoms with Crippen LogP contribution in [-0.2, 0) is 0 Å². The molecule has 3 aliphatic rings. The molecule has 0 radical (unpaired) electrons. The molecule has 0 bridgehead atoms. The summed E-state index contributed by atoms with van der Waals surface area (Å²) >= 11 is 0. The molecule has 0 aromatic carbocycles. The van der Waals surface area contributed by atoms with E-state index < -0.39 is 0 Å². The van der Waals surface area contributed by atoms with Gasteiger partial charge < -0.3 is 5.32 Å². The molecule has 0 saturated carbocycles. The van der Waals surface area contributed by atoms with Gasteiger partial charge in [-0.1, -0.05) is 36.5 Å². The monoisotopic (exact) mass is 171 g/mol. The van der Waals surface area contributed by atoms with E-state index in [9.17, 15) is 0 Å². The summed E-state index contributed by atoms with van der Waals surface area (Å²) < 4.78 is 0. The van der Waals surface area contributed by atoms with Gasteiger partial charge in [-0.05, 0) is 11.1 Å². The van der Waals surface area contributed by atoms with E-state index in [2.05, 4.69) is 41.8 Å². The lowest BCUT2D eigenvalue weighted by Crippen LogP contribution is -2.37. The highest BCUT2D eigenvalue weighted by Gasteiger charge is 2.30. The van der Waals surface area contributed by atoms with E-state index in [0.717, 1.165) is 13.1 Å². The summed E-state index contributed by atoms with van der Waals surface area (Å²) in [5.74, 6) is 1.30. The van der Waals surface area contributed by atoms with Crippen LogP contribution in [0.1, 0.15) is 0 Å². The van der Waals surface area contributed by atoms with Crippen LogP contribution in [0.2, 0.25) is 0 Å². The quantitative estimate of drug-likeness (QED) is 0.586. The number of hydrogen-bond acceptors (Lipinski definition) is 1. The van der Waals surface area contributed by atoms with E-state index in [0.29, 0.717) is 11.8 Å². The zero-order chi connectivity index (χ0) is 8.67. The van der Waals surface area contributed by atoms with Gasteiger partial charge in [0, 0.05) is 24.9 Å². The largest absolute Gasteiger partial charge is 0.309 e. The summed E-state index contributed by atoms with van der Waals surface area (Å²) in [5, 5.41) is 3.44. The maximum atomic E-state index is 3.44. The van der Waals surface area contributed by atoms with Gasteiger partial charge in [0.2, 0.25) is 0 Å². The standard InChI is InChI=1S/C12H13N/c1-3-9-4-2-6-11-8-13-7-10(5-1)12(9)11/h1-6,9,12-13H,7-8H2. The molecular weight excluding hydrogens is 158 g/mol. The molecule has 0 spiro atoms. The van der Waals surface area contributed by atoms with Crippen molar-refractivity contribution >= 4 is 0 Å². The molecule has 2 aliphatic carbocycles. The molecule has 66 valence electrons. The maximum absolute atomic E-state index is 3.44. The highest BCUT2D eigenvalue weighted by molar-refractivity contribution is 5.41. The van der Waals surface area contributed by atoms with E-state index >= 15 is 0 Å². The summed E-state index contributed by atoms with van der Waals surface area (Å²) in [5.41, 5.74) is 3.10. The van der Waals surface area contributed by atoms with Gasteiger partial charge in [-0.25, -0.2) is 0 Å². The molecule has 1 heteroatoms. The van der Waals surface area contributed by atoms with Crippen molar-refractivity contribution in [3.8, 4) is 0 Å². The van der Waals surface area contributed by atoms with Crippen LogP contribution >= 0.6 is 0 Å². The molecule has 1 nitrogen and oxygen atoms in total. The molecule has 1 fully saturated rings. The minimum absolute atomic E-state index is 0.627. The number of allylic oxidation sites excluding steroid dienone is 6. The number of nitrogens with one attached hydrogen (secondary N) is 1. The van der Waals surface area contributed by atoms with Gasteiger partial charge in [0.15, 0.2) is 0 Å². The highest BCUT2D eigenvalue weighted by Crippen LogP contribution is 2.37. The van der Waals surface area contributed by atoms with E-state index in [4.69, 9.17) is 0 Å². The van der Waals surface area contributed by atoms with Gasteiger partial charge >= 0.3 is 0 Å². The third-order valence-corrected chi connectivity index (χ3v) is 3.13. The molecule has 0 aromatic heterocycles. The van der Waals surface area contributed by atoms with Gasteiger partial charge in [-0.15, -0.1) is 0 Å². The summed E-state index contributed by atoms with van der Waals surface area (Å²) in [6, 6.07) is 0. The average molecular weight is 171 g/mol. The van der Waals surface area contributed by atoms with Gasteiger partial charge in [-0.2, -0.15) is 0 Å². The molecule has 1 saturated heterocycles. The maximum Gasteiger partial charge on any atom is 0.0177 e. The summed E-state index contributed by atoms with van der Waals surface area (Å²) in [6.45, 7) is 2.13. The van der Waals surface area contributed by atoms with Crippen LogP contribution in [0.25, 0.3) is 0 Å². The predicted octanol–water partition coefficient (Wildman–Crippen LogP) is 1.81. The number of rotatable bonds is 0. The molecule has 0 amide bonds. The predicted molar refractivity (Wildman–Crippen MR) is 54.3 cm³/mol. The molecule has 3 rings (SSSR count). The fraction of sp³-hybridized carbons (Fsp3) is 0.333. The van der Waals surface area contributed by atoms with E-state index in [-0.39, 0.29) is 0 Å². The van der Waals surface area contributed by atoms with Gasteiger partial charge in [0.1, 0.15) is 0 Å². The van der Waals surface area contributed by atoms with Crippen molar-refractivity contribution in [3.05, 3.63) is 47.6 Å². The Morgan fingerprint density at radius 2 is 1.62 bits per heavy atom. The van der Waals surface area contributed by atoms with Crippen LogP contribution in [-0.4, -0.2) is 13.1 Å². The lowest BCUT2D eigenvalue weighted by atomic mass is 9.73. The molecular formula is C12H13N. The average Bonchev–Trinajstić information content (AvgIpc) is 2.19. The first kappa shape index (κ1) is 7.34. The molecule has 0 aromatic rings. The van der Waals surface area contributed by atoms with E-state index in [1.807, 2.05) is 0 Å². The second-order valence-corrected chi connectivity index (χ2v) is 3.91. The first-order valence-electron chi connectivity index (χ1n) is 4.90.